The molecule has 9 nitrogen and oxygen atoms in total. The number of benzene rings is 1. The maximum absolute atomic E-state index is 11.4. The van der Waals surface area contributed by atoms with Gasteiger partial charge in [-0.15, -0.1) is 16.4 Å². The van der Waals surface area contributed by atoms with E-state index in [9.17, 15) is 4.79 Å². The summed E-state index contributed by atoms with van der Waals surface area (Å²) in [6, 6.07) is 8.49. The third-order valence-electron chi connectivity index (χ3n) is 7.25. The SMILES string of the molecule is CN1CCN(Cc2ccc(-n3cc(N(C)c4ncnc5sc6c(c45)CCC6)c(NC=O)n3)cc2)CC1. The lowest BCUT2D eigenvalue weighted by atomic mass is 10.2. The Morgan fingerprint density at radius 1 is 1.11 bits per heavy atom. The number of anilines is 3. The van der Waals surface area contributed by atoms with Crippen molar-refractivity contribution >= 4 is 45.3 Å². The Balaban J connectivity index is 1.29. The van der Waals surface area contributed by atoms with Crippen molar-refractivity contribution in [2.45, 2.75) is 25.8 Å². The molecular weight excluding hydrogens is 472 g/mol. The molecule has 2 aliphatic rings. The molecule has 186 valence electrons. The average molecular weight is 503 g/mol. The summed E-state index contributed by atoms with van der Waals surface area (Å²) in [6.45, 7) is 5.37. The van der Waals surface area contributed by atoms with E-state index < -0.39 is 0 Å². The number of fused-ring (bicyclic) bond motifs is 3. The number of hydrogen-bond acceptors (Lipinski definition) is 8. The number of aromatic nitrogens is 4. The van der Waals surface area contributed by atoms with Crippen molar-refractivity contribution in [2.24, 2.45) is 0 Å². The van der Waals surface area contributed by atoms with Gasteiger partial charge in [-0.3, -0.25) is 9.69 Å². The van der Waals surface area contributed by atoms with E-state index in [0.717, 1.165) is 73.0 Å². The minimum Gasteiger partial charge on any atom is -0.324 e. The van der Waals surface area contributed by atoms with Gasteiger partial charge in [0.1, 0.15) is 22.7 Å². The molecule has 1 aliphatic carbocycles. The maximum atomic E-state index is 11.4. The van der Waals surface area contributed by atoms with Crippen molar-refractivity contribution in [1.82, 2.24) is 29.5 Å². The van der Waals surface area contributed by atoms with Gasteiger partial charge in [-0.25, -0.2) is 14.6 Å². The standard InChI is InChI=1S/C26H30N8OS/c1-31-10-12-33(13-11-31)14-18-6-8-19(9-7-18)34-15-21(24(30-34)29-17-35)32(2)25-23-20-4-3-5-22(20)36-26(23)28-16-27-25/h6-9,15-17H,3-5,10-14H2,1-2H3,(H,29,30,35). The van der Waals surface area contributed by atoms with E-state index in [4.69, 9.17) is 0 Å². The fourth-order valence-corrected chi connectivity index (χ4v) is 6.42. The lowest BCUT2D eigenvalue weighted by Gasteiger charge is -2.32. The number of amides is 1. The van der Waals surface area contributed by atoms with Gasteiger partial charge in [-0.2, -0.15) is 0 Å². The van der Waals surface area contributed by atoms with Crippen molar-refractivity contribution in [2.75, 3.05) is 50.5 Å². The Hall–Kier alpha value is -3.34. The average Bonchev–Trinajstić information content (AvgIpc) is 3.60. The van der Waals surface area contributed by atoms with Crippen LogP contribution in [0.1, 0.15) is 22.4 Å². The first-order valence-electron chi connectivity index (χ1n) is 12.4. The minimum absolute atomic E-state index is 0.493. The van der Waals surface area contributed by atoms with E-state index in [1.54, 1.807) is 17.7 Å². The van der Waals surface area contributed by atoms with Gasteiger partial charge in [-0.1, -0.05) is 12.1 Å². The number of rotatable bonds is 7. The third-order valence-corrected chi connectivity index (χ3v) is 8.45. The molecule has 1 aliphatic heterocycles. The number of thiophene rings is 1. The predicted octanol–water partition coefficient (Wildman–Crippen LogP) is 3.45. The Morgan fingerprint density at radius 3 is 2.69 bits per heavy atom. The molecule has 0 saturated carbocycles. The van der Waals surface area contributed by atoms with E-state index in [1.807, 2.05) is 22.8 Å². The second-order valence-electron chi connectivity index (χ2n) is 9.61. The number of piperazine rings is 1. The number of aryl methyl sites for hydroxylation is 2. The summed E-state index contributed by atoms with van der Waals surface area (Å²) in [5.74, 6) is 1.34. The lowest BCUT2D eigenvalue weighted by molar-refractivity contribution is -0.105. The van der Waals surface area contributed by atoms with E-state index in [2.05, 4.69) is 61.5 Å². The Morgan fingerprint density at radius 2 is 1.92 bits per heavy atom. The first kappa shape index (κ1) is 23.1. The molecule has 4 aromatic rings. The lowest BCUT2D eigenvalue weighted by Crippen LogP contribution is -2.43. The molecule has 0 atom stereocenters. The summed E-state index contributed by atoms with van der Waals surface area (Å²) in [7, 11) is 4.15. The van der Waals surface area contributed by atoms with Crippen LogP contribution in [0.15, 0.2) is 36.8 Å². The van der Waals surface area contributed by atoms with Crippen LogP contribution in [0.3, 0.4) is 0 Å². The molecule has 0 radical (unpaired) electrons. The fraction of sp³-hybridized carbons (Fsp3) is 0.385. The Bertz CT molecular complexity index is 1390. The zero-order valence-electron chi connectivity index (χ0n) is 20.6. The number of likely N-dealkylation sites (N-methyl/N-ethyl adjacent to an activating group) is 1. The highest BCUT2D eigenvalue weighted by Crippen LogP contribution is 2.42. The Labute approximate surface area is 214 Å². The minimum atomic E-state index is 0.493. The number of carbonyl (C=O) groups excluding carboxylic acids is 1. The first-order chi connectivity index (χ1) is 17.6. The van der Waals surface area contributed by atoms with E-state index in [0.29, 0.717) is 12.2 Å². The molecular formula is C26H30N8OS. The van der Waals surface area contributed by atoms with Crippen molar-refractivity contribution in [3.8, 4) is 5.69 Å². The highest BCUT2D eigenvalue weighted by Gasteiger charge is 2.25. The molecule has 3 aromatic heterocycles. The van der Waals surface area contributed by atoms with Crippen LogP contribution in [-0.4, -0.2) is 76.2 Å². The largest absolute Gasteiger partial charge is 0.324 e. The molecule has 1 saturated heterocycles. The van der Waals surface area contributed by atoms with Crippen molar-refractivity contribution in [3.63, 3.8) is 0 Å². The molecule has 4 heterocycles. The molecule has 1 amide bonds. The van der Waals surface area contributed by atoms with E-state index >= 15 is 0 Å². The first-order valence-corrected chi connectivity index (χ1v) is 13.2. The Kier molecular flexibility index (Phi) is 6.16. The summed E-state index contributed by atoms with van der Waals surface area (Å²) in [5.41, 5.74) is 4.37. The third kappa shape index (κ3) is 4.25. The summed E-state index contributed by atoms with van der Waals surface area (Å²) in [6.07, 6.45) is 7.58. The quantitative estimate of drug-likeness (QED) is 0.388. The van der Waals surface area contributed by atoms with Crippen LogP contribution in [-0.2, 0) is 24.2 Å². The number of nitrogens with one attached hydrogen (secondary N) is 1. The zero-order chi connectivity index (χ0) is 24.6. The van der Waals surface area contributed by atoms with Gasteiger partial charge in [0.2, 0.25) is 6.41 Å². The summed E-state index contributed by atoms with van der Waals surface area (Å²) >= 11 is 1.77. The van der Waals surface area contributed by atoms with E-state index in [-0.39, 0.29) is 0 Å². The van der Waals surface area contributed by atoms with Crippen molar-refractivity contribution in [1.29, 1.82) is 0 Å². The number of hydrogen-bond donors (Lipinski definition) is 1. The molecule has 1 aromatic carbocycles. The summed E-state index contributed by atoms with van der Waals surface area (Å²) in [4.78, 5) is 29.9. The molecule has 36 heavy (non-hydrogen) atoms. The van der Waals surface area contributed by atoms with Crippen LogP contribution in [0, 0.1) is 0 Å². The molecule has 0 spiro atoms. The molecule has 10 heteroatoms. The van der Waals surface area contributed by atoms with Gasteiger partial charge in [0.15, 0.2) is 5.82 Å². The molecule has 1 fully saturated rings. The van der Waals surface area contributed by atoms with Gasteiger partial charge < -0.3 is 15.1 Å². The normalized spacial score (nSPS) is 16.4. The van der Waals surface area contributed by atoms with E-state index in [1.165, 1.54) is 22.4 Å². The number of carbonyl (C=O) groups is 1. The van der Waals surface area contributed by atoms with Gasteiger partial charge in [0.05, 0.1) is 17.3 Å². The van der Waals surface area contributed by atoms with Crippen LogP contribution in [0.5, 0.6) is 0 Å². The molecule has 0 bridgehead atoms. The molecule has 6 rings (SSSR count). The highest BCUT2D eigenvalue weighted by molar-refractivity contribution is 7.19. The van der Waals surface area contributed by atoms with Gasteiger partial charge >= 0.3 is 0 Å². The second-order valence-corrected chi connectivity index (χ2v) is 10.7. The maximum Gasteiger partial charge on any atom is 0.212 e. The summed E-state index contributed by atoms with van der Waals surface area (Å²) < 4.78 is 1.81. The van der Waals surface area contributed by atoms with Crippen LogP contribution in [0.2, 0.25) is 0 Å². The summed E-state index contributed by atoms with van der Waals surface area (Å²) in [5, 5.41) is 8.58. The predicted molar refractivity (Wildman–Crippen MR) is 144 cm³/mol. The monoisotopic (exact) mass is 502 g/mol. The molecule has 0 unspecified atom stereocenters. The van der Waals surface area contributed by atoms with Gasteiger partial charge in [-0.05, 0) is 49.6 Å². The topological polar surface area (TPSA) is 82.4 Å². The van der Waals surface area contributed by atoms with Crippen LogP contribution in [0.25, 0.3) is 15.9 Å². The zero-order valence-corrected chi connectivity index (χ0v) is 21.5. The smallest absolute Gasteiger partial charge is 0.212 e. The van der Waals surface area contributed by atoms with Crippen molar-refractivity contribution in [3.05, 3.63) is 52.8 Å². The van der Waals surface area contributed by atoms with Gasteiger partial charge in [0.25, 0.3) is 0 Å². The van der Waals surface area contributed by atoms with Crippen LogP contribution < -0.4 is 10.2 Å². The number of nitrogens with zero attached hydrogens (tertiary/aromatic N) is 7. The highest BCUT2D eigenvalue weighted by atomic mass is 32.1. The molecule has 1 N–H and O–H groups in total. The van der Waals surface area contributed by atoms with Crippen molar-refractivity contribution < 1.29 is 4.79 Å². The fourth-order valence-electron chi connectivity index (χ4n) is 5.20. The second kappa shape index (κ2) is 9.61. The van der Waals surface area contributed by atoms with Gasteiger partial charge in [0, 0.05) is 44.6 Å². The van der Waals surface area contributed by atoms with Crippen LogP contribution in [0.4, 0.5) is 17.3 Å². The van der Waals surface area contributed by atoms with Crippen LogP contribution >= 0.6 is 11.3 Å².